The Balaban J connectivity index is 3.04. The predicted octanol–water partition coefficient (Wildman–Crippen LogP) is 0.0727. The van der Waals surface area contributed by atoms with E-state index in [9.17, 15) is 9.90 Å². The van der Waals surface area contributed by atoms with Crippen molar-refractivity contribution in [1.29, 1.82) is 0 Å². The third kappa shape index (κ3) is 3.14. The van der Waals surface area contributed by atoms with E-state index in [0.29, 0.717) is 12.1 Å². The fourth-order valence-corrected chi connectivity index (χ4v) is 2.05. The Labute approximate surface area is 106 Å². The molecule has 0 saturated heterocycles. The number of aromatic nitrogens is 2. The Kier molecular flexibility index (Phi) is 5.94. The summed E-state index contributed by atoms with van der Waals surface area (Å²) < 4.78 is 2.54. The lowest BCUT2D eigenvalue weighted by Gasteiger charge is -2.05. The second-order valence-corrected chi connectivity index (χ2v) is 4.26. The first-order valence-electron chi connectivity index (χ1n) is 6.40. The van der Waals surface area contributed by atoms with Crippen LogP contribution in [0.3, 0.4) is 0 Å². The zero-order valence-corrected chi connectivity index (χ0v) is 10.8. The van der Waals surface area contributed by atoms with Gasteiger partial charge in [0.2, 0.25) is 5.88 Å². The molecule has 1 rings (SSSR count). The second-order valence-electron chi connectivity index (χ2n) is 4.26. The van der Waals surface area contributed by atoms with Gasteiger partial charge in [0.25, 0.3) is 0 Å². The molecule has 1 aromatic heterocycles. The van der Waals surface area contributed by atoms with Gasteiger partial charge in [-0.05, 0) is 12.8 Å². The number of hydrogen-bond acceptors (Lipinski definition) is 4. The van der Waals surface area contributed by atoms with E-state index in [1.54, 1.807) is 0 Å². The van der Waals surface area contributed by atoms with E-state index in [1.807, 2.05) is 0 Å². The van der Waals surface area contributed by atoms with Crippen molar-refractivity contribution in [1.82, 2.24) is 9.13 Å². The molecule has 0 fully saturated rings. The third-order valence-electron chi connectivity index (χ3n) is 2.97. The number of aromatic hydroxyl groups is 1. The molecule has 0 unspecified atom stereocenters. The molecule has 0 aliphatic heterocycles. The lowest BCUT2D eigenvalue weighted by atomic mass is 10.1. The molecule has 0 saturated carbocycles. The van der Waals surface area contributed by atoms with Gasteiger partial charge in [-0.25, -0.2) is 4.79 Å². The van der Waals surface area contributed by atoms with E-state index in [-0.39, 0.29) is 37.9 Å². The molecule has 3 N–H and O–H groups in total. The van der Waals surface area contributed by atoms with Crippen LogP contribution in [0.25, 0.3) is 0 Å². The quantitative estimate of drug-likeness (QED) is 0.576. The van der Waals surface area contributed by atoms with Crippen LogP contribution in [0.2, 0.25) is 0 Å². The molecule has 0 aromatic carbocycles. The minimum atomic E-state index is -0.373. The van der Waals surface area contributed by atoms with Gasteiger partial charge in [0.15, 0.2) is 0 Å². The topological polar surface area (TPSA) is 87.6 Å². The fraction of sp³-hybridized carbons (Fsp3) is 0.750. The molecule has 0 amide bonds. The highest BCUT2D eigenvalue weighted by atomic mass is 16.3. The summed E-state index contributed by atoms with van der Waals surface area (Å²) in [5, 5.41) is 27.9. The number of nitrogens with zero attached hydrogens (tertiary/aromatic N) is 2. The van der Waals surface area contributed by atoms with Crippen molar-refractivity contribution in [3.63, 3.8) is 0 Å². The van der Waals surface area contributed by atoms with E-state index >= 15 is 0 Å². The average molecular weight is 258 g/mol. The fourth-order valence-electron chi connectivity index (χ4n) is 2.05. The highest BCUT2D eigenvalue weighted by Crippen LogP contribution is 2.18. The van der Waals surface area contributed by atoms with Crippen LogP contribution in [0.15, 0.2) is 4.79 Å². The Morgan fingerprint density at radius 3 is 2.22 bits per heavy atom. The first-order chi connectivity index (χ1) is 8.67. The maximum Gasteiger partial charge on any atom is 0.331 e. The van der Waals surface area contributed by atoms with Crippen LogP contribution >= 0.6 is 0 Å². The summed E-state index contributed by atoms with van der Waals surface area (Å²) in [4.78, 5) is 12.0. The lowest BCUT2D eigenvalue weighted by Crippen LogP contribution is -2.27. The van der Waals surface area contributed by atoms with Crippen LogP contribution in [0.4, 0.5) is 0 Å². The van der Waals surface area contributed by atoms with Crippen molar-refractivity contribution in [3.05, 3.63) is 16.2 Å². The van der Waals surface area contributed by atoms with Crippen LogP contribution in [-0.2, 0) is 19.5 Å². The molecule has 0 aliphatic rings. The van der Waals surface area contributed by atoms with Crippen molar-refractivity contribution >= 4 is 0 Å². The average Bonchev–Trinajstić information content (AvgIpc) is 2.57. The summed E-state index contributed by atoms with van der Waals surface area (Å²) in [7, 11) is 0. The highest BCUT2D eigenvalue weighted by molar-refractivity contribution is 5.21. The van der Waals surface area contributed by atoms with E-state index in [4.69, 9.17) is 10.2 Å². The van der Waals surface area contributed by atoms with Gasteiger partial charge in [0.1, 0.15) is 0 Å². The molecular weight excluding hydrogens is 236 g/mol. The zero-order valence-electron chi connectivity index (χ0n) is 10.8. The van der Waals surface area contributed by atoms with Crippen LogP contribution in [0.1, 0.15) is 31.9 Å². The summed E-state index contributed by atoms with van der Waals surface area (Å²) in [6.45, 7) is 1.97. The number of unbranched alkanes of at least 4 members (excludes halogenated alkanes) is 2. The van der Waals surface area contributed by atoms with Crippen LogP contribution < -0.4 is 5.69 Å². The Morgan fingerprint density at radius 2 is 1.67 bits per heavy atom. The van der Waals surface area contributed by atoms with Gasteiger partial charge in [-0.15, -0.1) is 0 Å². The molecule has 104 valence electrons. The zero-order chi connectivity index (χ0) is 13.5. The molecule has 0 bridgehead atoms. The molecule has 18 heavy (non-hydrogen) atoms. The molecule has 6 heteroatoms. The standard InChI is InChI=1S/C12H22N2O4/c1-2-3-4-5-10-11(17)14(7-9-16)12(18)13(10)6-8-15/h15-17H,2-9H2,1H3. The van der Waals surface area contributed by atoms with E-state index in [2.05, 4.69) is 6.92 Å². The first kappa shape index (κ1) is 14.8. The first-order valence-corrected chi connectivity index (χ1v) is 6.40. The Morgan fingerprint density at radius 1 is 1.06 bits per heavy atom. The third-order valence-corrected chi connectivity index (χ3v) is 2.97. The summed E-state index contributed by atoms with van der Waals surface area (Å²) in [5.74, 6) is -0.0846. The largest absolute Gasteiger partial charge is 0.493 e. The molecule has 0 atom stereocenters. The molecule has 6 nitrogen and oxygen atoms in total. The van der Waals surface area contributed by atoms with Gasteiger partial charge in [-0.2, -0.15) is 0 Å². The SMILES string of the molecule is CCCCCc1c(O)n(CCO)c(=O)n1CCO. The maximum atomic E-state index is 12.0. The molecule has 0 aliphatic carbocycles. The van der Waals surface area contributed by atoms with Crippen LogP contribution in [0.5, 0.6) is 5.88 Å². The number of aliphatic hydroxyl groups is 2. The van der Waals surface area contributed by atoms with Gasteiger partial charge in [0, 0.05) is 0 Å². The predicted molar refractivity (Wildman–Crippen MR) is 67.8 cm³/mol. The molecular formula is C12H22N2O4. The number of aliphatic hydroxyl groups excluding tert-OH is 2. The summed E-state index contributed by atoms with van der Waals surface area (Å²) in [6, 6.07) is 0. The molecule has 0 radical (unpaired) electrons. The summed E-state index contributed by atoms with van der Waals surface area (Å²) >= 11 is 0. The van der Waals surface area contributed by atoms with Crippen molar-refractivity contribution in [2.24, 2.45) is 0 Å². The van der Waals surface area contributed by atoms with Crippen molar-refractivity contribution in [2.75, 3.05) is 13.2 Å². The van der Waals surface area contributed by atoms with Crippen molar-refractivity contribution in [3.8, 4) is 5.88 Å². The van der Waals surface area contributed by atoms with Gasteiger partial charge in [0.05, 0.1) is 32.0 Å². The highest BCUT2D eigenvalue weighted by Gasteiger charge is 2.18. The molecule has 1 heterocycles. The number of hydrogen-bond donors (Lipinski definition) is 3. The minimum Gasteiger partial charge on any atom is -0.493 e. The van der Waals surface area contributed by atoms with Crippen molar-refractivity contribution < 1.29 is 15.3 Å². The Hall–Kier alpha value is -1.27. The monoisotopic (exact) mass is 258 g/mol. The smallest absolute Gasteiger partial charge is 0.331 e. The van der Waals surface area contributed by atoms with E-state index in [0.717, 1.165) is 23.8 Å². The minimum absolute atomic E-state index is 0.0733. The van der Waals surface area contributed by atoms with E-state index in [1.165, 1.54) is 4.57 Å². The van der Waals surface area contributed by atoms with Gasteiger partial charge in [-0.1, -0.05) is 19.8 Å². The van der Waals surface area contributed by atoms with Gasteiger partial charge < -0.3 is 15.3 Å². The number of rotatable bonds is 8. The summed E-state index contributed by atoms with van der Waals surface area (Å²) in [5.41, 5.74) is 0.179. The lowest BCUT2D eigenvalue weighted by molar-refractivity contribution is 0.261. The molecule has 1 aromatic rings. The summed E-state index contributed by atoms with van der Waals surface area (Å²) in [6.07, 6.45) is 3.58. The van der Waals surface area contributed by atoms with E-state index < -0.39 is 0 Å². The number of imidazole rings is 1. The van der Waals surface area contributed by atoms with Gasteiger partial charge >= 0.3 is 5.69 Å². The second kappa shape index (κ2) is 7.23. The molecule has 0 spiro atoms. The van der Waals surface area contributed by atoms with Crippen LogP contribution in [-0.4, -0.2) is 37.7 Å². The maximum absolute atomic E-state index is 12.0. The van der Waals surface area contributed by atoms with Gasteiger partial charge in [-0.3, -0.25) is 9.13 Å². The normalized spacial score (nSPS) is 11.1. The van der Waals surface area contributed by atoms with Crippen molar-refractivity contribution in [2.45, 2.75) is 45.7 Å². The van der Waals surface area contributed by atoms with Crippen LogP contribution in [0, 0.1) is 0 Å². The Bertz CT molecular complexity index is 422.